The largest absolute Gasteiger partial charge is 0.225 e. The summed E-state index contributed by atoms with van der Waals surface area (Å²) in [6, 6.07) is 12.4. The topological polar surface area (TPSA) is 24.7 Å². The van der Waals surface area contributed by atoms with Crippen LogP contribution in [-0.2, 0) is 0 Å². The fourth-order valence-electron chi connectivity index (χ4n) is 0.868. The first-order valence-electron chi connectivity index (χ1n) is 4.75. The molecule has 0 aliphatic carbocycles. The Morgan fingerprint density at radius 2 is 1.79 bits per heavy atom. The predicted molar refractivity (Wildman–Crippen MR) is 60.3 cm³/mol. The SMILES string of the molecule is CC(C)(C)CN=C=Nc1ccccc1. The summed E-state index contributed by atoms with van der Waals surface area (Å²) in [6.07, 6.45) is 0. The lowest BCUT2D eigenvalue weighted by Gasteiger charge is -2.12. The zero-order chi connectivity index (χ0) is 10.4. The van der Waals surface area contributed by atoms with Gasteiger partial charge in [0.15, 0.2) is 0 Å². The van der Waals surface area contributed by atoms with Crippen LogP contribution in [-0.4, -0.2) is 12.6 Å². The van der Waals surface area contributed by atoms with Crippen LogP contribution in [0.4, 0.5) is 5.69 Å². The van der Waals surface area contributed by atoms with Gasteiger partial charge in [-0.05, 0) is 17.5 Å². The van der Waals surface area contributed by atoms with Crippen molar-refractivity contribution in [3.63, 3.8) is 0 Å². The molecule has 2 heteroatoms. The maximum atomic E-state index is 4.12. The zero-order valence-corrected chi connectivity index (χ0v) is 8.99. The molecule has 1 aromatic carbocycles. The van der Waals surface area contributed by atoms with E-state index in [0.29, 0.717) is 0 Å². The second-order valence-electron chi connectivity index (χ2n) is 4.42. The lowest BCUT2D eigenvalue weighted by Crippen LogP contribution is -2.08. The van der Waals surface area contributed by atoms with E-state index in [1.165, 1.54) is 0 Å². The first kappa shape index (κ1) is 10.7. The van der Waals surface area contributed by atoms with Crippen molar-refractivity contribution in [2.45, 2.75) is 20.8 Å². The molecule has 0 aliphatic rings. The average molecular weight is 188 g/mol. The summed E-state index contributed by atoms with van der Waals surface area (Å²) in [5, 5.41) is 0. The second kappa shape index (κ2) is 4.73. The van der Waals surface area contributed by atoms with E-state index in [-0.39, 0.29) is 5.41 Å². The summed E-state index contributed by atoms with van der Waals surface area (Å²) in [5.41, 5.74) is 1.10. The van der Waals surface area contributed by atoms with E-state index in [4.69, 9.17) is 0 Å². The highest BCUT2D eigenvalue weighted by molar-refractivity contribution is 5.51. The monoisotopic (exact) mass is 188 g/mol. The number of para-hydroxylation sites is 1. The molecule has 0 bridgehead atoms. The van der Waals surface area contributed by atoms with Crippen LogP contribution in [0.15, 0.2) is 40.3 Å². The molecule has 1 rings (SSSR count). The fraction of sp³-hybridized carbons (Fsp3) is 0.417. The highest BCUT2D eigenvalue weighted by Crippen LogP contribution is 2.12. The van der Waals surface area contributed by atoms with Crippen molar-refractivity contribution >= 4 is 11.7 Å². The number of rotatable bonds is 2. The van der Waals surface area contributed by atoms with Crippen molar-refractivity contribution in [2.75, 3.05) is 6.54 Å². The third-order valence-electron chi connectivity index (χ3n) is 1.56. The quantitative estimate of drug-likeness (QED) is 0.634. The smallest absolute Gasteiger partial charge is 0.0949 e. The Morgan fingerprint density at radius 1 is 1.14 bits per heavy atom. The molecular formula is C12H16N2. The van der Waals surface area contributed by atoms with Crippen molar-refractivity contribution < 1.29 is 0 Å². The number of hydrogen-bond donors (Lipinski definition) is 0. The molecule has 0 unspecified atom stereocenters. The van der Waals surface area contributed by atoms with E-state index < -0.39 is 0 Å². The first-order chi connectivity index (χ1) is 6.58. The highest BCUT2D eigenvalue weighted by atomic mass is 14.8. The second-order valence-corrected chi connectivity index (χ2v) is 4.42. The van der Waals surface area contributed by atoms with Gasteiger partial charge >= 0.3 is 0 Å². The van der Waals surface area contributed by atoms with Crippen molar-refractivity contribution in [3.8, 4) is 0 Å². The Bertz CT molecular complexity index is 327. The third kappa shape index (κ3) is 4.58. The molecule has 0 fully saturated rings. The summed E-state index contributed by atoms with van der Waals surface area (Å²) in [6.45, 7) is 7.17. The van der Waals surface area contributed by atoms with Crippen LogP contribution >= 0.6 is 0 Å². The van der Waals surface area contributed by atoms with Gasteiger partial charge in [0, 0.05) is 0 Å². The van der Waals surface area contributed by atoms with E-state index in [1.54, 1.807) is 0 Å². The van der Waals surface area contributed by atoms with Gasteiger partial charge in [0.05, 0.1) is 18.2 Å². The van der Waals surface area contributed by atoms with Crippen LogP contribution < -0.4 is 0 Å². The molecule has 74 valence electrons. The van der Waals surface area contributed by atoms with Gasteiger partial charge < -0.3 is 0 Å². The minimum Gasteiger partial charge on any atom is -0.225 e. The van der Waals surface area contributed by atoms with Crippen molar-refractivity contribution in [1.29, 1.82) is 0 Å². The first-order valence-corrected chi connectivity index (χ1v) is 4.75. The summed E-state index contributed by atoms with van der Waals surface area (Å²) < 4.78 is 0. The van der Waals surface area contributed by atoms with Gasteiger partial charge in [0.1, 0.15) is 0 Å². The van der Waals surface area contributed by atoms with Crippen molar-refractivity contribution in [3.05, 3.63) is 30.3 Å². The van der Waals surface area contributed by atoms with E-state index in [2.05, 4.69) is 36.8 Å². The summed E-state index contributed by atoms with van der Waals surface area (Å²) in [4.78, 5) is 8.21. The lowest BCUT2D eigenvalue weighted by molar-refractivity contribution is 0.430. The molecule has 14 heavy (non-hydrogen) atoms. The summed E-state index contributed by atoms with van der Waals surface area (Å²) in [5.74, 6) is 0. The van der Waals surface area contributed by atoms with Crippen LogP contribution in [0, 0.1) is 5.41 Å². The maximum Gasteiger partial charge on any atom is 0.0949 e. The average Bonchev–Trinajstić information content (AvgIpc) is 2.13. The molecule has 0 atom stereocenters. The van der Waals surface area contributed by atoms with Gasteiger partial charge in [-0.3, -0.25) is 0 Å². The molecule has 2 nitrogen and oxygen atoms in total. The normalized spacial score (nSPS) is 10.5. The Hall–Kier alpha value is -1.40. The van der Waals surface area contributed by atoms with Crippen LogP contribution in [0.1, 0.15) is 20.8 Å². The Labute approximate surface area is 85.4 Å². The van der Waals surface area contributed by atoms with Gasteiger partial charge in [0.25, 0.3) is 0 Å². The van der Waals surface area contributed by atoms with Crippen molar-refractivity contribution in [2.24, 2.45) is 15.4 Å². The van der Waals surface area contributed by atoms with Gasteiger partial charge in [-0.15, -0.1) is 0 Å². The van der Waals surface area contributed by atoms with Crippen LogP contribution in [0.5, 0.6) is 0 Å². The van der Waals surface area contributed by atoms with E-state index in [0.717, 1.165) is 12.2 Å². The van der Waals surface area contributed by atoms with E-state index in [1.807, 2.05) is 30.3 Å². The predicted octanol–water partition coefficient (Wildman–Crippen LogP) is 3.54. The van der Waals surface area contributed by atoms with E-state index in [9.17, 15) is 0 Å². The van der Waals surface area contributed by atoms with Crippen LogP contribution in [0.25, 0.3) is 0 Å². The third-order valence-corrected chi connectivity index (χ3v) is 1.56. The Kier molecular flexibility index (Phi) is 3.61. The molecule has 0 spiro atoms. The number of nitrogens with zero attached hydrogens (tertiary/aromatic N) is 2. The molecule has 0 saturated carbocycles. The van der Waals surface area contributed by atoms with Crippen molar-refractivity contribution in [1.82, 2.24) is 0 Å². The van der Waals surface area contributed by atoms with Gasteiger partial charge in [-0.1, -0.05) is 39.0 Å². The zero-order valence-electron chi connectivity index (χ0n) is 8.99. The molecule has 0 saturated heterocycles. The molecule has 0 N–H and O–H groups in total. The summed E-state index contributed by atoms with van der Waals surface area (Å²) in [7, 11) is 0. The molecule has 0 radical (unpaired) electrons. The summed E-state index contributed by atoms with van der Waals surface area (Å²) >= 11 is 0. The van der Waals surface area contributed by atoms with Gasteiger partial charge in [-0.2, -0.15) is 4.99 Å². The fourth-order valence-corrected chi connectivity index (χ4v) is 0.868. The molecule has 0 aliphatic heterocycles. The van der Waals surface area contributed by atoms with Gasteiger partial charge in [-0.25, -0.2) is 4.99 Å². The highest BCUT2D eigenvalue weighted by Gasteiger charge is 2.07. The number of hydrogen-bond acceptors (Lipinski definition) is 2. The lowest BCUT2D eigenvalue weighted by atomic mass is 9.98. The van der Waals surface area contributed by atoms with Crippen LogP contribution in [0.3, 0.4) is 0 Å². The molecule has 1 aromatic rings. The van der Waals surface area contributed by atoms with Gasteiger partial charge in [0.2, 0.25) is 0 Å². The molecule has 0 heterocycles. The molecule has 0 aromatic heterocycles. The molecule has 0 amide bonds. The minimum atomic E-state index is 0.208. The maximum absolute atomic E-state index is 4.12. The Balaban J connectivity index is 2.57. The number of benzene rings is 1. The molecular weight excluding hydrogens is 172 g/mol. The van der Waals surface area contributed by atoms with Crippen LogP contribution in [0.2, 0.25) is 0 Å². The number of aliphatic imine (C=N–C) groups is 2. The standard InChI is InChI=1S/C12H16N2/c1-12(2,3)9-13-10-14-11-7-5-4-6-8-11/h4-8H,9H2,1-3H3. The Morgan fingerprint density at radius 3 is 2.36 bits per heavy atom. The van der Waals surface area contributed by atoms with E-state index >= 15 is 0 Å². The minimum absolute atomic E-state index is 0.208.